The van der Waals surface area contributed by atoms with Gasteiger partial charge in [0.05, 0.1) is 17.1 Å². The van der Waals surface area contributed by atoms with E-state index in [-0.39, 0.29) is 12.5 Å². The van der Waals surface area contributed by atoms with Crippen molar-refractivity contribution in [1.82, 2.24) is 19.4 Å². The summed E-state index contributed by atoms with van der Waals surface area (Å²) in [6.07, 6.45) is 5.73. The lowest BCUT2D eigenvalue weighted by molar-refractivity contribution is -0.118. The molecule has 0 unspecified atom stereocenters. The monoisotopic (exact) mass is 554 g/mol. The third-order valence-electron chi connectivity index (χ3n) is 6.94. The molecule has 0 saturated carbocycles. The first kappa shape index (κ1) is 29.3. The number of hydrogen-bond donors (Lipinski definition) is 3. The summed E-state index contributed by atoms with van der Waals surface area (Å²) < 4.78 is 1.85. The average molecular weight is 555 g/mol. The van der Waals surface area contributed by atoms with Gasteiger partial charge in [0.25, 0.3) is 0 Å². The number of nitrogens with one attached hydrogen (secondary N) is 2. The zero-order valence-electron chi connectivity index (χ0n) is 24.4. The van der Waals surface area contributed by atoms with E-state index in [0.717, 1.165) is 64.2 Å². The Morgan fingerprint density at radius 3 is 2.56 bits per heavy atom. The highest BCUT2D eigenvalue weighted by atomic mass is 16.1. The Bertz CT molecular complexity index is 1590. The van der Waals surface area contributed by atoms with E-state index in [9.17, 15) is 9.59 Å². The topological polar surface area (TPSA) is 121 Å². The molecule has 4 rings (SSSR count). The van der Waals surface area contributed by atoms with Crippen molar-refractivity contribution in [2.75, 3.05) is 49.8 Å². The first-order valence-corrected chi connectivity index (χ1v) is 13.5. The minimum Gasteiger partial charge on any atom is -0.372 e. The van der Waals surface area contributed by atoms with Gasteiger partial charge in [0.2, 0.25) is 17.8 Å². The van der Waals surface area contributed by atoms with Crippen LogP contribution in [0.25, 0.3) is 22.2 Å². The molecule has 214 valence electrons. The number of hydrogen-bond acceptors (Lipinski definition) is 7. The molecule has 0 aliphatic carbocycles. The molecule has 0 saturated heterocycles. The molecule has 10 nitrogen and oxygen atoms in total. The molecule has 0 bridgehead atoms. The molecule has 2 aromatic heterocycles. The van der Waals surface area contributed by atoms with Gasteiger partial charge in [0, 0.05) is 54.7 Å². The number of primary amides is 1. The molecule has 4 aromatic rings. The molecule has 2 amide bonds. The van der Waals surface area contributed by atoms with Crippen LogP contribution in [-0.4, -0.2) is 65.5 Å². The lowest BCUT2D eigenvalue weighted by Crippen LogP contribution is -2.29. The maximum absolute atomic E-state index is 12.3. The highest BCUT2D eigenvalue weighted by Gasteiger charge is 2.18. The standard InChI is InChI=1S/C31H38N8O2/c1-7-21-17-33-31(36-30(21)23-18-39(19-28(32)40)26-12-10-9-11-22(23)26)35-24-16-25(34-29(41)8-2)27(15-20(24)3)38(6)14-13-37(4)5/h8-12,15-18H,2,7,13-14,19H2,1,3-6H3,(H2,32,40)(H,34,41)(H,33,35,36). The maximum atomic E-state index is 12.3. The number of carbonyl (C=O) groups is 2. The van der Waals surface area contributed by atoms with Crippen LogP contribution in [0.5, 0.6) is 0 Å². The summed E-state index contributed by atoms with van der Waals surface area (Å²) >= 11 is 0. The number of rotatable bonds is 12. The number of aryl methyl sites for hydroxylation is 2. The second kappa shape index (κ2) is 12.6. The average Bonchev–Trinajstić information content (AvgIpc) is 3.30. The molecule has 0 aliphatic rings. The molecule has 0 atom stereocenters. The van der Waals surface area contributed by atoms with Crippen LogP contribution in [0.4, 0.5) is 23.0 Å². The number of anilines is 4. The Morgan fingerprint density at radius 1 is 1.12 bits per heavy atom. The van der Waals surface area contributed by atoms with Crippen LogP contribution in [0.15, 0.2) is 61.4 Å². The van der Waals surface area contributed by atoms with Crippen molar-refractivity contribution in [2.24, 2.45) is 5.73 Å². The third kappa shape index (κ3) is 6.72. The predicted octanol–water partition coefficient (Wildman–Crippen LogP) is 4.32. The summed E-state index contributed by atoms with van der Waals surface area (Å²) in [6.45, 7) is 9.38. The number of likely N-dealkylation sites (N-methyl/N-ethyl adjacent to an activating group) is 2. The number of fused-ring (bicyclic) bond motifs is 1. The van der Waals surface area contributed by atoms with Crippen molar-refractivity contribution in [1.29, 1.82) is 0 Å². The van der Waals surface area contributed by atoms with Crippen LogP contribution in [0.3, 0.4) is 0 Å². The van der Waals surface area contributed by atoms with E-state index in [2.05, 4.69) is 38.9 Å². The first-order valence-electron chi connectivity index (χ1n) is 13.5. The van der Waals surface area contributed by atoms with Crippen molar-refractivity contribution in [3.05, 3.63) is 72.6 Å². The molecule has 0 aliphatic heterocycles. The summed E-state index contributed by atoms with van der Waals surface area (Å²) in [5, 5.41) is 7.28. The largest absolute Gasteiger partial charge is 0.372 e. The molecular formula is C31H38N8O2. The van der Waals surface area contributed by atoms with Crippen molar-refractivity contribution >= 4 is 45.7 Å². The van der Waals surface area contributed by atoms with E-state index in [1.807, 2.05) is 81.4 Å². The van der Waals surface area contributed by atoms with Crippen LogP contribution in [0, 0.1) is 6.92 Å². The predicted molar refractivity (Wildman–Crippen MR) is 167 cm³/mol. The molecular weight excluding hydrogens is 516 g/mol. The second-order valence-electron chi connectivity index (χ2n) is 10.3. The number of nitrogens with zero attached hydrogens (tertiary/aromatic N) is 5. The van der Waals surface area contributed by atoms with E-state index in [1.54, 1.807) is 0 Å². The van der Waals surface area contributed by atoms with Gasteiger partial charge in [-0.15, -0.1) is 0 Å². The number of nitrogens with two attached hydrogens (primary N) is 1. The summed E-state index contributed by atoms with van der Waals surface area (Å²) in [5.74, 6) is -0.286. The SMILES string of the molecule is C=CC(=O)Nc1cc(Nc2ncc(CC)c(-c3cn(CC(N)=O)c4ccccc34)n2)c(C)cc1N(C)CCN(C)C. The quantitative estimate of drug-likeness (QED) is 0.223. The zero-order valence-corrected chi connectivity index (χ0v) is 24.4. The van der Waals surface area contributed by atoms with Gasteiger partial charge >= 0.3 is 0 Å². The smallest absolute Gasteiger partial charge is 0.247 e. The molecule has 10 heteroatoms. The van der Waals surface area contributed by atoms with E-state index in [0.29, 0.717) is 11.6 Å². The highest BCUT2D eigenvalue weighted by molar-refractivity contribution is 6.02. The number of benzene rings is 2. The van der Waals surface area contributed by atoms with Crippen molar-refractivity contribution in [2.45, 2.75) is 26.8 Å². The van der Waals surface area contributed by atoms with Crippen LogP contribution in [0.1, 0.15) is 18.1 Å². The van der Waals surface area contributed by atoms with E-state index in [4.69, 9.17) is 10.7 Å². The van der Waals surface area contributed by atoms with E-state index in [1.165, 1.54) is 6.08 Å². The van der Waals surface area contributed by atoms with Crippen molar-refractivity contribution in [3.8, 4) is 11.3 Å². The Labute approximate surface area is 240 Å². The number of carbonyl (C=O) groups excluding carboxylic acids is 2. The summed E-state index contributed by atoms with van der Waals surface area (Å²) in [6, 6.07) is 11.8. The fourth-order valence-electron chi connectivity index (χ4n) is 4.71. The van der Waals surface area contributed by atoms with Crippen molar-refractivity contribution in [3.63, 3.8) is 0 Å². The second-order valence-corrected chi connectivity index (χ2v) is 10.3. The first-order chi connectivity index (χ1) is 19.6. The number of para-hydroxylation sites is 1. The number of amides is 2. The highest BCUT2D eigenvalue weighted by Crippen LogP contribution is 2.35. The minimum atomic E-state index is -0.413. The molecule has 41 heavy (non-hydrogen) atoms. The van der Waals surface area contributed by atoms with Gasteiger partial charge in [-0.05, 0) is 62.8 Å². The van der Waals surface area contributed by atoms with Crippen LogP contribution >= 0.6 is 0 Å². The van der Waals surface area contributed by atoms with Gasteiger partial charge in [-0.3, -0.25) is 9.59 Å². The summed E-state index contributed by atoms with van der Waals surface area (Å²) in [5.41, 5.74) is 12.4. The minimum absolute atomic E-state index is 0.0753. The van der Waals surface area contributed by atoms with E-state index >= 15 is 0 Å². The molecule has 4 N–H and O–H groups in total. The van der Waals surface area contributed by atoms with Crippen LogP contribution < -0.4 is 21.3 Å². The summed E-state index contributed by atoms with van der Waals surface area (Å²) in [4.78, 5) is 37.8. The molecule has 0 radical (unpaired) electrons. The van der Waals surface area contributed by atoms with Crippen LogP contribution in [0.2, 0.25) is 0 Å². The fourth-order valence-corrected chi connectivity index (χ4v) is 4.71. The lowest BCUT2D eigenvalue weighted by atomic mass is 10.0. The lowest BCUT2D eigenvalue weighted by Gasteiger charge is -2.25. The number of aromatic nitrogens is 3. The van der Waals surface area contributed by atoms with Gasteiger partial charge in [-0.25, -0.2) is 9.97 Å². The molecule has 2 heterocycles. The molecule has 0 fully saturated rings. The van der Waals surface area contributed by atoms with Gasteiger partial charge in [-0.1, -0.05) is 31.7 Å². The summed E-state index contributed by atoms with van der Waals surface area (Å²) in [7, 11) is 6.06. The molecule has 2 aromatic carbocycles. The van der Waals surface area contributed by atoms with Crippen molar-refractivity contribution < 1.29 is 9.59 Å². The maximum Gasteiger partial charge on any atom is 0.247 e. The molecule has 0 spiro atoms. The Kier molecular flexibility index (Phi) is 9.04. The van der Waals surface area contributed by atoms with Gasteiger partial charge in [0.1, 0.15) is 6.54 Å². The third-order valence-corrected chi connectivity index (χ3v) is 6.94. The Morgan fingerprint density at radius 2 is 1.88 bits per heavy atom. The van der Waals surface area contributed by atoms with Gasteiger partial charge in [0.15, 0.2) is 0 Å². The Hall–Kier alpha value is -4.70. The van der Waals surface area contributed by atoms with E-state index < -0.39 is 5.91 Å². The van der Waals surface area contributed by atoms with Gasteiger partial charge < -0.3 is 30.7 Å². The van der Waals surface area contributed by atoms with Gasteiger partial charge in [-0.2, -0.15) is 0 Å². The zero-order chi connectivity index (χ0) is 29.7. The normalized spacial score (nSPS) is 11.1. The van der Waals surface area contributed by atoms with Crippen LogP contribution in [-0.2, 0) is 22.6 Å². The Balaban J connectivity index is 1.75. The fraction of sp³-hybridized carbons (Fsp3) is 0.290.